The molecular formula is C13H18ClFN2O3S. The second-order valence-electron chi connectivity index (χ2n) is 5.05. The van der Waals surface area contributed by atoms with E-state index in [2.05, 4.69) is 0 Å². The highest BCUT2D eigenvalue weighted by molar-refractivity contribution is 7.86. The van der Waals surface area contributed by atoms with Crippen LogP contribution in [0.1, 0.15) is 18.4 Å². The average molecular weight is 337 g/mol. The van der Waals surface area contributed by atoms with Gasteiger partial charge >= 0.3 is 0 Å². The number of aliphatic hydroxyl groups is 1. The Balaban J connectivity index is 2.21. The molecule has 0 aromatic heterocycles. The molecule has 0 aliphatic carbocycles. The summed E-state index contributed by atoms with van der Waals surface area (Å²) in [7, 11) is -2.37. The van der Waals surface area contributed by atoms with Crippen molar-refractivity contribution in [2.45, 2.75) is 25.4 Å². The van der Waals surface area contributed by atoms with Gasteiger partial charge in [-0.3, -0.25) is 0 Å². The van der Waals surface area contributed by atoms with Crippen molar-refractivity contribution in [2.24, 2.45) is 0 Å². The first-order valence-electron chi connectivity index (χ1n) is 6.64. The fourth-order valence-corrected chi connectivity index (χ4v) is 4.24. The van der Waals surface area contributed by atoms with E-state index in [-0.39, 0.29) is 23.7 Å². The fourth-order valence-electron chi connectivity index (χ4n) is 2.46. The maximum absolute atomic E-state index is 13.8. The number of hydrogen-bond donors (Lipinski definition) is 1. The molecule has 1 saturated heterocycles. The van der Waals surface area contributed by atoms with Crippen molar-refractivity contribution in [1.29, 1.82) is 0 Å². The number of hydrogen-bond acceptors (Lipinski definition) is 3. The van der Waals surface area contributed by atoms with Crippen LogP contribution in [0.4, 0.5) is 4.39 Å². The van der Waals surface area contributed by atoms with Crippen LogP contribution in [-0.4, -0.2) is 48.4 Å². The minimum Gasteiger partial charge on any atom is -0.395 e. The normalized spacial score (nSPS) is 20.3. The molecule has 1 aromatic rings. The van der Waals surface area contributed by atoms with Crippen LogP contribution in [0.5, 0.6) is 0 Å². The highest BCUT2D eigenvalue weighted by Gasteiger charge is 2.36. The highest BCUT2D eigenvalue weighted by atomic mass is 35.5. The number of halogens is 2. The minimum absolute atomic E-state index is 0.144. The molecule has 0 spiro atoms. The van der Waals surface area contributed by atoms with Crippen molar-refractivity contribution < 1.29 is 17.9 Å². The summed E-state index contributed by atoms with van der Waals surface area (Å²) in [5.41, 5.74) is 0.144. The smallest absolute Gasteiger partial charge is 0.282 e. The third-order valence-electron chi connectivity index (χ3n) is 3.67. The summed E-state index contributed by atoms with van der Waals surface area (Å²) in [5.74, 6) is -0.537. The molecule has 1 aliphatic heterocycles. The lowest BCUT2D eigenvalue weighted by Gasteiger charge is -2.28. The van der Waals surface area contributed by atoms with Gasteiger partial charge < -0.3 is 5.11 Å². The molecule has 2 rings (SSSR count). The topological polar surface area (TPSA) is 60.9 Å². The third kappa shape index (κ3) is 3.37. The lowest BCUT2D eigenvalue weighted by Crippen LogP contribution is -2.45. The van der Waals surface area contributed by atoms with Gasteiger partial charge in [-0.2, -0.15) is 17.0 Å². The fraction of sp³-hybridized carbons (Fsp3) is 0.538. The standard InChI is InChI=1S/C13H18ClFN2O3S/c1-16(8-11-12(14)5-2-6-13(11)15)21(19,20)17-7-3-4-10(17)9-18/h2,5-6,10,18H,3-4,7-9H2,1H3. The van der Waals surface area contributed by atoms with Crippen LogP contribution in [0, 0.1) is 5.82 Å². The predicted molar refractivity (Wildman–Crippen MR) is 78.6 cm³/mol. The summed E-state index contributed by atoms with van der Waals surface area (Å²) in [6.45, 7) is -0.00107. The number of aliphatic hydroxyl groups excluding tert-OH is 1. The molecule has 1 atom stereocenters. The lowest BCUT2D eigenvalue weighted by molar-refractivity contribution is 0.207. The summed E-state index contributed by atoms with van der Waals surface area (Å²) in [4.78, 5) is 0. The van der Waals surface area contributed by atoms with E-state index in [9.17, 15) is 17.9 Å². The van der Waals surface area contributed by atoms with Crippen LogP contribution in [-0.2, 0) is 16.8 Å². The predicted octanol–water partition coefficient (Wildman–Crippen LogP) is 1.61. The van der Waals surface area contributed by atoms with Gasteiger partial charge in [0.1, 0.15) is 5.82 Å². The van der Waals surface area contributed by atoms with Crippen LogP contribution >= 0.6 is 11.6 Å². The maximum Gasteiger partial charge on any atom is 0.282 e. The SMILES string of the molecule is CN(Cc1c(F)cccc1Cl)S(=O)(=O)N1CCCC1CO. The molecule has 118 valence electrons. The quantitative estimate of drug-likeness (QED) is 0.888. The van der Waals surface area contributed by atoms with Crippen LogP contribution < -0.4 is 0 Å². The van der Waals surface area contributed by atoms with E-state index in [0.29, 0.717) is 19.4 Å². The van der Waals surface area contributed by atoms with E-state index in [1.807, 2.05) is 0 Å². The van der Waals surface area contributed by atoms with E-state index in [0.717, 1.165) is 4.31 Å². The molecule has 8 heteroatoms. The summed E-state index contributed by atoms with van der Waals surface area (Å²) < 4.78 is 41.1. The molecule has 21 heavy (non-hydrogen) atoms. The van der Waals surface area contributed by atoms with Gasteiger partial charge in [0.25, 0.3) is 10.2 Å². The Morgan fingerprint density at radius 1 is 1.52 bits per heavy atom. The van der Waals surface area contributed by atoms with Gasteiger partial charge in [0, 0.05) is 36.8 Å². The second-order valence-corrected chi connectivity index (χ2v) is 7.45. The summed E-state index contributed by atoms with van der Waals surface area (Å²) >= 11 is 5.92. The summed E-state index contributed by atoms with van der Waals surface area (Å²) in [6, 6.07) is 3.83. The highest BCUT2D eigenvalue weighted by Crippen LogP contribution is 2.26. The Kier molecular flexibility index (Phi) is 5.21. The molecule has 1 fully saturated rings. The Morgan fingerprint density at radius 2 is 2.24 bits per heavy atom. The van der Waals surface area contributed by atoms with Crippen molar-refractivity contribution in [3.05, 3.63) is 34.6 Å². The molecule has 1 aromatic carbocycles. The first kappa shape index (κ1) is 16.6. The van der Waals surface area contributed by atoms with E-state index in [4.69, 9.17) is 11.6 Å². The molecular weight excluding hydrogens is 319 g/mol. The zero-order valence-electron chi connectivity index (χ0n) is 11.7. The Hall–Kier alpha value is -0.730. The second kappa shape index (κ2) is 6.58. The van der Waals surface area contributed by atoms with Crippen molar-refractivity contribution in [3.8, 4) is 0 Å². The first-order valence-corrected chi connectivity index (χ1v) is 8.42. The number of benzene rings is 1. The van der Waals surface area contributed by atoms with E-state index in [1.54, 1.807) is 0 Å². The summed E-state index contributed by atoms with van der Waals surface area (Å²) in [5, 5.41) is 9.45. The monoisotopic (exact) mass is 336 g/mol. The minimum atomic E-state index is -3.75. The molecule has 0 bridgehead atoms. The van der Waals surface area contributed by atoms with Gasteiger partial charge in [0.05, 0.1) is 6.61 Å². The van der Waals surface area contributed by atoms with Crippen molar-refractivity contribution in [2.75, 3.05) is 20.2 Å². The van der Waals surface area contributed by atoms with Crippen LogP contribution in [0.15, 0.2) is 18.2 Å². The van der Waals surface area contributed by atoms with E-state index < -0.39 is 22.1 Å². The average Bonchev–Trinajstić information content (AvgIpc) is 2.92. The molecule has 0 amide bonds. The Morgan fingerprint density at radius 3 is 2.86 bits per heavy atom. The zero-order valence-corrected chi connectivity index (χ0v) is 13.2. The van der Waals surface area contributed by atoms with Gasteiger partial charge in [-0.25, -0.2) is 4.39 Å². The molecule has 0 radical (unpaired) electrons. The summed E-state index contributed by atoms with van der Waals surface area (Å²) in [6.07, 6.45) is 1.34. The number of rotatable bonds is 5. The Bertz CT molecular complexity index is 591. The molecule has 1 aliphatic rings. The largest absolute Gasteiger partial charge is 0.395 e. The first-order chi connectivity index (χ1) is 9.87. The maximum atomic E-state index is 13.8. The molecule has 1 heterocycles. The van der Waals surface area contributed by atoms with Crippen LogP contribution in [0.3, 0.4) is 0 Å². The third-order valence-corrected chi connectivity index (χ3v) is 6.01. The molecule has 1 N–H and O–H groups in total. The van der Waals surface area contributed by atoms with Gasteiger partial charge in [-0.1, -0.05) is 17.7 Å². The molecule has 1 unspecified atom stereocenters. The molecule has 0 saturated carbocycles. The van der Waals surface area contributed by atoms with Gasteiger partial charge in [-0.05, 0) is 25.0 Å². The van der Waals surface area contributed by atoms with Gasteiger partial charge in [0.15, 0.2) is 0 Å². The Labute approximate surface area is 129 Å². The van der Waals surface area contributed by atoms with E-state index >= 15 is 0 Å². The van der Waals surface area contributed by atoms with Gasteiger partial charge in [-0.15, -0.1) is 0 Å². The van der Waals surface area contributed by atoms with Crippen molar-refractivity contribution in [3.63, 3.8) is 0 Å². The van der Waals surface area contributed by atoms with Crippen LogP contribution in [0.25, 0.3) is 0 Å². The van der Waals surface area contributed by atoms with Crippen molar-refractivity contribution in [1.82, 2.24) is 8.61 Å². The number of nitrogens with zero attached hydrogens (tertiary/aromatic N) is 2. The lowest BCUT2D eigenvalue weighted by atomic mass is 10.2. The molecule has 5 nitrogen and oxygen atoms in total. The van der Waals surface area contributed by atoms with Crippen molar-refractivity contribution >= 4 is 21.8 Å². The van der Waals surface area contributed by atoms with Gasteiger partial charge in [0.2, 0.25) is 0 Å². The van der Waals surface area contributed by atoms with Crippen LogP contribution in [0.2, 0.25) is 5.02 Å². The zero-order chi connectivity index (χ0) is 15.6. The van der Waals surface area contributed by atoms with E-state index in [1.165, 1.54) is 29.6 Å².